The van der Waals surface area contributed by atoms with Crippen molar-refractivity contribution in [1.29, 1.82) is 0 Å². The van der Waals surface area contributed by atoms with Crippen LogP contribution in [0, 0.1) is 11.8 Å². The standard InChI is InChI=1S/C7H12F2O/c1-2-6(5-3-4-5)7(8,9)10/h5-6,10H,2-4H2,1H3. The van der Waals surface area contributed by atoms with Gasteiger partial charge in [-0.15, -0.1) is 0 Å². The molecular weight excluding hydrogens is 138 g/mol. The van der Waals surface area contributed by atoms with Crippen LogP contribution < -0.4 is 0 Å². The van der Waals surface area contributed by atoms with Crippen molar-refractivity contribution < 1.29 is 13.9 Å². The lowest BCUT2D eigenvalue weighted by Gasteiger charge is -2.19. The van der Waals surface area contributed by atoms with Crippen LogP contribution in [0.25, 0.3) is 0 Å². The van der Waals surface area contributed by atoms with E-state index in [0.717, 1.165) is 12.8 Å². The van der Waals surface area contributed by atoms with E-state index in [4.69, 9.17) is 5.11 Å². The molecule has 0 aromatic rings. The normalized spacial score (nSPS) is 22.8. The number of rotatable bonds is 3. The number of halogens is 2. The Balaban J connectivity index is 2.46. The molecule has 0 spiro atoms. The first kappa shape index (κ1) is 7.92. The van der Waals surface area contributed by atoms with Crippen LogP contribution in [-0.4, -0.2) is 11.2 Å². The second-order valence-electron chi connectivity index (χ2n) is 2.94. The van der Waals surface area contributed by atoms with Crippen molar-refractivity contribution >= 4 is 0 Å². The third kappa shape index (κ3) is 1.66. The van der Waals surface area contributed by atoms with Gasteiger partial charge in [0, 0.05) is 0 Å². The number of alkyl halides is 2. The first-order valence-corrected chi connectivity index (χ1v) is 3.66. The van der Waals surface area contributed by atoms with Gasteiger partial charge in [-0.2, -0.15) is 8.78 Å². The smallest absolute Gasteiger partial charge is 0.336 e. The van der Waals surface area contributed by atoms with Gasteiger partial charge < -0.3 is 5.11 Å². The molecule has 1 aliphatic carbocycles. The fourth-order valence-electron chi connectivity index (χ4n) is 1.36. The molecular formula is C7H12F2O. The molecule has 0 aromatic heterocycles. The predicted molar refractivity (Wildman–Crippen MR) is 33.7 cm³/mol. The lowest BCUT2D eigenvalue weighted by atomic mass is 10.00. The summed E-state index contributed by atoms with van der Waals surface area (Å²) in [6.07, 6.45) is -1.37. The molecule has 1 fully saturated rings. The highest BCUT2D eigenvalue weighted by Crippen LogP contribution is 2.44. The van der Waals surface area contributed by atoms with Crippen LogP contribution in [0.15, 0.2) is 0 Å². The minimum Gasteiger partial charge on any atom is -0.336 e. The molecule has 1 N–H and O–H groups in total. The summed E-state index contributed by atoms with van der Waals surface area (Å²) in [4.78, 5) is 0. The van der Waals surface area contributed by atoms with Gasteiger partial charge in [0.2, 0.25) is 0 Å². The largest absolute Gasteiger partial charge is 0.356 e. The van der Waals surface area contributed by atoms with Gasteiger partial charge >= 0.3 is 6.11 Å². The molecule has 1 aliphatic rings. The SMILES string of the molecule is CCC(C1CC1)C(O)(F)F. The fourth-order valence-corrected chi connectivity index (χ4v) is 1.36. The van der Waals surface area contributed by atoms with E-state index in [2.05, 4.69) is 0 Å². The molecule has 0 radical (unpaired) electrons. The Morgan fingerprint density at radius 2 is 2.10 bits per heavy atom. The summed E-state index contributed by atoms with van der Waals surface area (Å²) < 4.78 is 24.5. The van der Waals surface area contributed by atoms with Crippen molar-refractivity contribution in [3.8, 4) is 0 Å². The van der Waals surface area contributed by atoms with E-state index < -0.39 is 12.0 Å². The summed E-state index contributed by atoms with van der Waals surface area (Å²) in [5.74, 6) is -0.725. The highest BCUT2D eigenvalue weighted by atomic mass is 19.3. The number of hydrogen-bond acceptors (Lipinski definition) is 1. The summed E-state index contributed by atoms with van der Waals surface area (Å²) in [6.45, 7) is 1.69. The van der Waals surface area contributed by atoms with Crippen LogP contribution in [0.1, 0.15) is 26.2 Å². The van der Waals surface area contributed by atoms with Crippen LogP contribution in [0.3, 0.4) is 0 Å². The molecule has 60 valence electrons. The molecule has 0 amide bonds. The Morgan fingerprint density at radius 1 is 1.60 bits per heavy atom. The molecule has 3 heteroatoms. The topological polar surface area (TPSA) is 20.2 Å². The fraction of sp³-hybridized carbons (Fsp3) is 1.00. The lowest BCUT2D eigenvalue weighted by Crippen LogP contribution is -2.28. The summed E-state index contributed by atoms with van der Waals surface area (Å²) in [5, 5.41) is 8.35. The Hall–Kier alpha value is -0.180. The van der Waals surface area contributed by atoms with Gasteiger partial charge in [0.25, 0.3) is 0 Å². The Bertz CT molecular complexity index is 115. The summed E-state index contributed by atoms with van der Waals surface area (Å²) in [6, 6.07) is 0. The summed E-state index contributed by atoms with van der Waals surface area (Å²) >= 11 is 0. The third-order valence-corrected chi connectivity index (χ3v) is 2.08. The molecule has 0 aromatic carbocycles. The van der Waals surface area contributed by atoms with Gasteiger partial charge in [-0.25, -0.2) is 0 Å². The van der Waals surface area contributed by atoms with E-state index in [9.17, 15) is 8.78 Å². The van der Waals surface area contributed by atoms with E-state index in [0.29, 0.717) is 6.42 Å². The van der Waals surface area contributed by atoms with E-state index in [1.165, 1.54) is 0 Å². The second-order valence-corrected chi connectivity index (χ2v) is 2.94. The average Bonchev–Trinajstić information content (AvgIpc) is 2.46. The van der Waals surface area contributed by atoms with Crippen LogP contribution in [0.2, 0.25) is 0 Å². The highest BCUT2D eigenvalue weighted by Gasteiger charge is 2.45. The zero-order valence-electron chi connectivity index (χ0n) is 5.98. The molecule has 10 heavy (non-hydrogen) atoms. The quantitative estimate of drug-likeness (QED) is 0.652. The van der Waals surface area contributed by atoms with Crippen LogP contribution in [0.5, 0.6) is 0 Å². The van der Waals surface area contributed by atoms with Gasteiger partial charge in [0.1, 0.15) is 0 Å². The van der Waals surface area contributed by atoms with Crippen molar-refractivity contribution in [3.63, 3.8) is 0 Å². The zero-order valence-corrected chi connectivity index (χ0v) is 5.98. The maximum absolute atomic E-state index is 12.2. The number of aliphatic hydroxyl groups is 1. The van der Waals surface area contributed by atoms with Crippen LogP contribution in [0.4, 0.5) is 8.78 Å². The monoisotopic (exact) mass is 150 g/mol. The first-order chi connectivity index (χ1) is 4.55. The Kier molecular flexibility index (Phi) is 1.95. The maximum Gasteiger partial charge on any atom is 0.356 e. The number of hydrogen-bond donors (Lipinski definition) is 1. The maximum atomic E-state index is 12.2. The minimum atomic E-state index is -3.45. The second kappa shape index (κ2) is 2.46. The Labute approximate surface area is 59.0 Å². The molecule has 0 heterocycles. The molecule has 0 saturated heterocycles. The lowest BCUT2D eigenvalue weighted by molar-refractivity contribution is -0.242. The van der Waals surface area contributed by atoms with Crippen molar-refractivity contribution in [2.45, 2.75) is 32.3 Å². The van der Waals surface area contributed by atoms with Crippen LogP contribution >= 0.6 is 0 Å². The van der Waals surface area contributed by atoms with Gasteiger partial charge in [-0.05, 0) is 25.2 Å². The minimum absolute atomic E-state index is 0.0741. The average molecular weight is 150 g/mol. The molecule has 0 aliphatic heterocycles. The van der Waals surface area contributed by atoms with E-state index in [1.54, 1.807) is 6.92 Å². The van der Waals surface area contributed by atoms with E-state index >= 15 is 0 Å². The Morgan fingerprint density at radius 3 is 2.20 bits per heavy atom. The summed E-state index contributed by atoms with van der Waals surface area (Å²) in [7, 11) is 0. The van der Waals surface area contributed by atoms with Gasteiger partial charge in [-0.1, -0.05) is 6.92 Å². The van der Waals surface area contributed by atoms with Crippen molar-refractivity contribution in [2.75, 3.05) is 0 Å². The third-order valence-electron chi connectivity index (χ3n) is 2.08. The highest BCUT2D eigenvalue weighted by molar-refractivity contribution is 4.84. The molecule has 1 saturated carbocycles. The molecule has 0 bridgehead atoms. The van der Waals surface area contributed by atoms with Gasteiger partial charge in [0.15, 0.2) is 0 Å². The first-order valence-electron chi connectivity index (χ1n) is 3.66. The summed E-state index contributed by atoms with van der Waals surface area (Å²) in [5.41, 5.74) is 0. The molecule has 1 nitrogen and oxygen atoms in total. The van der Waals surface area contributed by atoms with Gasteiger partial charge in [-0.3, -0.25) is 0 Å². The zero-order chi connectivity index (χ0) is 7.78. The van der Waals surface area contributed by atoms with E-state index in [-0.39, 0.29) is 5.92 Å². The van der Waals surface area contributed by atoms with Crippen molar-refractivity contribution in [1.82, 2.24) is 0 Å². The molecule has 1 unspecified atom stereocenters. The molecule has 1 atom stereocenters. The van der Waals surface area contributed by atoms with Crippen molar-refractivity contribution in [2.24, 2.45) is 11.8 Å². The van der Waals surface area contributed by atoms with Gasteiger partial charge in [0.05, 0.1) is 5.92 Å². The van der Waals surface area contributed by atoms with Crippen LogP contribution in [-0.2, 0) is 0 Å². The van der Waals surface area contributed by atoms with Crippen molar-refractivity contribution in [3.05, 3.63) is 0 Å². The van der Waals surface area contributed by atoms with E-state index in [1.807, 2.05) is 0 Å². The predicted octanol–water partition coefficient (Wildman–Crippen LogP) is 2.01. The molecule has 1 rings (SSSR count).